The van der Waals surface area contributed by atoms with Crippen molar-refractivity contribution in [1.29, 1.82) is 0 Å². The summed E-state index contributed by atoms with van der Waals surface area (Å²) in [6.45, 7) is 6.24. The first-order valence-corrected chi connectivity index (χ1v) is 17.5. The molecule has 1 aliphatic heterocycles. The predicted molar refractivity (Wildman–Crippen MR) is 191 cm³/mol. The summed E-state index contributed by atoms with van der Waals surface area (Å²) in [5, 5.41) is 12.1. The van der Waals surface area contributed by atoms with Gasteiger partial charge in [0.05, 0.1) is 10.8 Å². The van der Waals surface area contributed by atoms with Gasteiger partial charge in [-0.2, -0.15) is 0 Å². The minimum absolute atomic E-state index is 0.0601. The Labute approximate surface area is 310 Å². The third kappa shape index (κ3) is 8.73. The fraction of sp³-hybridized carbons (Fsp3) is 0.256. The summed E-state index contributed by atoms with van der Waals surface area (Å²) in [5.41, 5.74) is 1.59. The van der Waals surface area contributed by atoms with Crippen LogP contribution in [-0.2, 0) is 21.4 Å². The van der Waals surface area contributed by atoms with Crippen LogP contribution in [0.4, 0.5) is 22.0 Å². The molecule has 0 unspecified atom stereocenters. The Bertz CT molecular complexity index is 2200. The first-order valence-electron chi connectivity index (χ1n) is 16.6. The number of hydrogen-bond donors (Lipinski definition) is 2. The van der Waals surface area contributed by atoms with Crippen molar-refractivity contribution >= 4 is 29.1 Å². The van der Waals surface area contributed by atoms with Crippen molar-refractivity contribution in [2.45, 2.75) is 45.0 Å². The Kier molecular flexibility index (Phi) is 10.5. The lowest BCUT2D eigenvalue weighted by atomic mass is 9.95. The van der Waals surface area contributed by atoms with E-state index in [2.05, 4.69) is 20.0 Å². The molecule has 3 heterocycles. The first-order chi connectivity index (χ1) is 25.4. The molecule has 2 aromatic heterocycles. The van der Waals surface area contributed by atoms with Crippen LogP contribution in [0.3, 0.4) is 0 Å². The van der Waals surface area contributed by atoms with Crippen LogP contribution < -0.4 is 10.1 Å². The molecular weight excluding hydrogens is 732 g/mol. The number of ether oxygens (including phenoxy) is 1. The number of benzene rings is 3. The molecule has 5 aromatic rings. The van der Waals surface area contributed by atoms with Gasteiger partial charge in [-0.1, -0.05) is 57.2 Å². The number of halogens is 5. The SMILES string of the molecule is CC(C)(C)c1ccc(C(=O)N[C@@H](Cc2ccc(-c3ncc(-c4ccc(-c5ccc(OC(F)(F)F)cc5F)cc4F)cn3)cc2)C(=O)N2CC(C(=O)O)C2)s1. The van der Waals surface area contributed by atoms with E-state index < -0.39 is 47.6 Å². The Morgan fingerprint density at radius 3 is 2.06 bits per heavy atom. The maximum atomic E-state index is 15.2. The number of carboxylic acid groups (broad SMARTS) is 1. The molecule has 2 N–H and O–H groups in total. The zero-order valence-electron chi connectivity index (χ0n) is 29.1. The monoisotopic (exact) mass is 764 g/mol. The number of hydrogen-bond acceptors (Lipinski definition) is 7. The molecule has 0 bridgehead atoms. The minimum Gasteiger partial charge on any atom is -0.481 e. The third-order valence-corrected chi connectivity index (χ3v) is 10.3. The van der Waals surface area contributed by atoms with Crippen LogP contribution in [0.25, 0.3) is 33.6 Å². The number of amides is 2. The number of aliphatic carboxylic acids is 1. The molecule has 2 amide bonds. The number of rotatable bonds is 10. The molecule has 0 saturated carbocycles. The molecule has 6 rings (SSSR count). The van der Waals surface area contributed by atoms with Gasteiger partial charge in [0.1, 0.15) is 23.4 Å². The van der Waals surface area contributed by atoms with E-state index in [9.17, 15) is 37.1 Å². The van der Waals surface area contributed by atoms with Crippen LogP contribution in [0.2, 0.25) is 0 Å². The van der Waals surface area contributed by atoms with Gasteiger partial charge in [-0.25, -0.2) is 18.7 Å². The van der Waals surface area contributed by atoms with Crippen molar-refractivity contribution in [2.75, 3.05) is 13.1 Å². The van der Waals surface area contributed by atoms with Gasteiger partial charge in [0.25, 0.3) is 5.91 Å². The minimum atomic E-state index is -4.98. The van der Waals surface area contributed by atoms with Crippen LogP contribution in [0, 0.1) is 17.6 Å². The number of nitrogens with one attached hydrogen (secondary N) is 1. The lowest BCUT2D eigenvalue weighted by Gasteiger charge is -2.38. The van der Waals surface area contributed by atoms with Gasteiger partial charge >= 0.3 is 12.3 Å². The van der Waals surface area contributed by atoms with Crippen molar-refractivity contribution in [3.05, 3.63) is 112 Å². The summed E-state index contributed by atoms with van der Waals surface area (Å²) < 4.78 is 71.0. The summed E-state index contributed by atoms with van der Waals surface area (Å²) >= 11 is 1.35. The Morgan fingerprint density at radius 1 is 0.870 bits per heavy atom. The average molecular weight is 765 g/mol. The van der Waals surface area contributed by atoms with Gasteiger partial charge in [-0.05, 0) is 46.9 Å². The lowest BCUT2D eigenvalue weighted by Crippen LogP contribution is -2.59. The number of aromatic nitrogens is 2. The normalized spacial score (nSPS) is 14.0. The van der Waals surface area contributed by atoms with Crippen LogP contribution >= 0.6 is 11.3 Å². The summed E-state index contributed by atoms with van der Waals surface area (Å²) in [6, 6.07) is 16.1. The number of carboxylic acids is 1. The topological polar surface area (TPSA) is 122 Å². The Hall–Kier alpha value is -5.70. The molecule has 9 nitrogen and oxygen atoms in total. The molecule has 0 spiro atoms. The average Bonchev–Trinajstić information content (AvgIpc) is 3.59. The molecule has 0 aliphatic carbocycles. The summed E-state index contributed by atoms with van der Waals surface area (Å²) in [7, 11) is 0. The van der Waals surface area contributed by atoms with E-state index >= 15 is 4.39 Å². The van der Waals surface area contributed by atoms with Gasteiger partial charge in [0.15, 0.2) is 5.82 Å². The number of carbonyl (C=O) groups is 3. The number of carbonyl (C=O) groups excluding carboxylic acids is 2. The van der Waals surface area contributed by atoms with Crippen molar-refractivity contribution in [1.82, 2.24) is 20.2 Å². The van der Waals surface area contributed by atoms with Crippen molar-refractivity contribution in [3.8, 4) is 39.4 Å². The van der Waals surface area contributed by atoms with Gasteiger partial charge in [0.2, 0.25) is 5.91 Å². The van der Waals surface area contributed by atoms with E-state index in [-0.39, 0.29) is 47.5 Å². The number of nitrogens with zero attached hydrogens (tertiary/aromatic N) is 3. The molecular formula is C39H33F5N4O5S. The molecule has 3 aromatic carbocycles. The van der Waals surface area contributed by atoms with Gasteiger partial charge in [-0.15, -0.1) is 24.5 Å². The third-order valence-electron chi connectivity index (χ3n) is 8.78. The quantitative estimate of drug-likeness (QED) is 0.139. The second kappa shape index (κ2) is 15.0. The summed E-state index contributed by atoms with van der Waals surface area (Å²) in [5.74, 6) is -4.59. The molecule has 1 saturated heterocycles. The highest BCUT2D eigenvalue weighted by molar-refractivity contribution is 7.14. The summed E-state index contributed by atoms with van der Waals surface area (Å²) in [6.07, 6.45) is -2.02. The largest absolute Gasteiger partial charge is 0.573 e. The molecule has 15 heteroatoms. The molecule has 1 atom stereocenters. The van der Waals surface area contributed by atoms with E-state index in [0.717, 1.165) is 23.1 Å². The number of likely N-dealkylation sites (tertiary alicyclic amines) is 1. The number of thiophene rings is 1. The lowest BCUT2D eigenvalue weighted by molar-refractivity contribution is -0.274. The van der Waals surface area contributed by atoms with Crippen LogP contribution in [0.1, 0.15) is 40.9 Å². The van der Waals surface area contributed by atoms with Crippen molar-refractivity contribution < 1.29 is 46.2 Å². The Morgan fingerprint density at radius 2 is 1.48 bits per heavy atom. The highest BCUT2D eigenvalue weighted by Crippen LogP contribution is 2.33. The maximum absolute atomic E-state index is 15.2. The van der Waals surface area contributed by atoms with E-state index in [1.54, 1.807) is 30.3 Å². The fourth-order valence-corrected chi connectivity index (χ4v) is 6.78. The zero-order chi connectivity index (χ0) is 38.9. The van der Waals surface area contributed by atoms with E-state index in [0.29, 0.717) is 33.5 Å². The van der Waals surface area contributed by atoms with Crippen molar-refractivity contribution in [3.63, 3.8) is 0 Å². The van der Waals surface area contributed by atoms with Gasteiger partial charge in [0, 0.05) is 65.1 Å². The van der Waals surface area contributed by atoms with Gasteiger partial charge in [-0.3, -0.25) is 14.4 Å². The number of alkyl halides is 3. The van der Waals surface area contributed by atoms with Crippen LogP contribution in [0.5, 0.6) is 5.75 Å². The van der Waals surface area contributed by atoms with E-state index in [4.69, 9.17) is 0 Å². The summed E-state index contributed by atoms with van der Waals surface area (Å²) in [4.78, 5) is 49.7. The molecule has 1 fully saturated rings. The van der Waals surface area contributed by atoms with Crippen LogP contribution in [0.15, 0.2) is 85.2 Å². The Balaban J connectivity index is 1.15. The van der Waals surface area contributed by atoms with E-state index in [1.807, 2.05) is 26.8 Å². The molecule has 0 radical (unpaired) electrons. The van der Waals surface area contributed by atoms with Gasteiger partial charge < -0.3 is 20.1 Å². The highest BCUT2D eigenvalue weighted by Gasteiger charge is 2.39. The standard InChI is InChI=1S/C39H33F5N4O5S/c1-38(2,3)33-13-12-32(54-33)35(49)47-31(36(50)48-19-25(20-48)37(51)52)14-21-4-6-22(7-5-21)34-45-17-24(18-46-34)28-10-8-23(15-29(28)40)27-11-9-26(16-30(27)41)53-39(42,43)44/h4-13,15-18,25,31H,14,19-20H2,1-3H3,(H,47,49)(H,51,52)/t31-/m0/s1. The second-order valence-corrected chi connectivity index (χ2v) is 14.9. The predicted octanol–water partition coefficient (Wildman–Crippen LogP) is 7.90. The molecule has 280 valence electrons. The fourth-order valence-electron chi connectivity index (χ4n) is 5.81. The molecule has 1 aliphatic rings. The zero-order valence-corrected chi connectivity index (χ0v) is 29.9. The van der Waals surface area contributed by atoms with Crippen LogP contribution in [-0.4, -0.2) is 63.3 Å². The first kappa shape index (κ1) is 38.0. The highest BCUT2D eigenvalue weighted by atomic mass is 32.1. The molecule has 54 heavy (non-hydrogen) atoms. The van der Waals surface area contributed by atoms with E-state index in [1.165, 1.54) is 40.8 Å². The van der Waals surface area contributed by atoms with Crippen molar-refractivity contribution in [2.24, 2.45) is 5.92 Å². The second-order valence-electron chi connectivity index (χ2n) is 13.8. The maximum Gasteiger partial charge on any atom is 0.573 e. The smallest absolute Gasteiger partial charge is 0.481 e.